The number of hydrogen-bond acceptors (Lipinski definition) is 2. The molecular weight excluding hydrogens is 188 g/mol. The number of likely N-dealkylation sites (N-methyl/N-ethyl adjacent to an activating group) is 1. The van der Waals surface area contributed by atoms with E-state index in [4.69, 9.17) is 0 Å². The summed E-state index contributed by atoms with van der Waals surface area (Å²) in [4.78, 5) is 13.9. The second-order valence-electron chi connectivity index (χ2n) is 3.59. The molecule has 0 amide bonds. The highest BCUT2D eigenvalue weighted by atomic mass is 16.1. The van der Waals surface area contributed by atoms with Crippen LogP contribution in [0.5, 0.6) is 0 Å². The van der Waals surface area contributed by atoms with Gasteiger partial charge in [0, 0.05) is 17.1 Å². The molecule has 1 aromatic carbocycles. The summed E-state index contributed by atoms with van der Waals surface area (Å²) in [6.07, 6.45) is 3.64. The molecule has 1 heterocycles. The van der Waals surface area contributed by atoms with Crippen molar-refractivity contribution in [3.8, 4) is 0 Å². The molecule has 3 heteroatoms. The van der Waals surface area contributed by atoms with Crippen LogP contribution in [0, 0.1) is 0 Å². The molecule has 0 aliphatic carbocycles. The van der Waals surface area contributed by atoms with Crippen molar-refractivity contribution in [3.05, 3.63) is 36.0 Å². The third-order valence-corrected chi connectivity index (χ3v) is 2.65. The number of rotatable bonds is 4. The Morgan fingerprint density at radius 3 is 3.00 bits per heavy atom. The van der Waals surface area contributed by atoms with Gasteiger partial charge in [-0.2, -0.15) is 0 Å². The van der Waals surface area contributed by atoms with Crippen molar-refractivity contribution in [2.75, 3.05) is 7.05 Å². The van der Waals surface area contributed by atoms with E-state index in [0.29, 0.717) is 0 Å². The van der Waals surface area contributed by atoms with Crippen molar-refractivity contribution in [3.63, 3.8) is 0 Å². The molecule has 0 saturated heterocycles. The van der Waals surface area contributed by atoms with E-state index in [1.807, 2.05) is 24.4 Å². The highest BCUT2D eigenvalue weighted by Crippen LogP contribution is 2.18. The predicted octanol–water partition coefficient (Wildman–Crippen LogP) is 1.50. The third-order valence-electron chi connectivity index (χ3n) is 2.65. The summed E-state index contributed by atoms with van der Waals surface area (Å²) in [5.74, 6) is 0. The Hall–Kier alpha value is -1.61. The Morgan fingerprint density at radius 1 is 1.47 bits per heavy atom. The van der Waals surface area contributed by atoms with Crippen molar-refractivity contribution < 1.29 is 4.79 Å². The van der Waals surface area contributed by atoms with Crippen molar-refractivity contribution in [2.45, 2.75) is 12.5 Å². The van der Waals surface area contributed by atoms with Gasteiger partial charge < -0.3 is 15.1 Å². The summed E-state index contributed by atoms with van der Waals surface area (Å²) in [5, 5.41) is 4.17. The lowest BCUT2D eigenvalue weighted by Gasteiger charge is -2.07. The van der Waals surface area contributed by atoms with Gasteiger partial charge in [-0.25, -0.2) is 0 Å². The fourth-order valence-electron chi connectivity index (χ4n) is 1.76. The molecule has 0 fully saturated rings. The van der Waals surface area contributed by atoms with Crippen LogP contribution < -0.4 is 5.32 Å². The minimum Gasteiger partial charge on any atom is -0.361 e. The summed E-state index contributed by atoms with van der Waals surface area (Å²) in [7, 11) is 1.80. The van der Waals surface area contributed by atoms with Crippen LogP contribution in [-0.4, -0.2) is 24.4 Å². The fraction of sp³-hybridized carbons (Fsp3) is 0.250. The zero-order valence-electron chi connectivity index (χ0n) is 8.66. The Morgan fingerprint density at radius 2 is 2.27 bits per heavy atom. The maximum atomic E-state index is 10.7. The highest BCUT2D eigenvalue weighted by molar-refractivity contribution is 5.83. The molecule has 1 aromatic heterocycles. The van der Waals surface area contributed by atoms with Gasteiger partial charge in [0.15, 0.2) is 0 Å². The molecular formula is C12H14N2O. The number of aldehydes is 1. The molecule has 15 heavy (non-hydrogen) atoms. The first-order chi connectivity index (χ1) is 7.35. The maximum absolute atomic E-state index is 10.7. The van der Waals surface area contributed by atoms with Gasteiger partial charge in [0.2, 0.25) is 0 Å². The first kappa shape index (κ1) is 9.93. The Labute approximate surface area is 88.5 Å². The number of aromatic nitrogens is 1. The molecule has 0 unspecified atom stereocenters. The van der Waals surface area contributed by atoms with Gasteiger partial charge >= 0.3 is 0 Å². The predicted molar refractivity (Wildman–Crippen MR) is 60.9 cm³/mol. The van der Waals surface area contributed by atoms with Gasteiger partial charge in [0.1, 0.15) is 6.29 Å². The molecule has 0 aliphatic rings. The first-order valence-electron chi connectivity index (χ1n) is 5.02. The molecule has 1 atom stereocenters. The molecule has 78 valence electrons. The molecule has 0 bridgehead atoms. The number of H-pyrrole nitrogens is 1. The van der Waals surface area contributed by atoms with Crippen LogP contribution >= 0.6 is 0 Å². The summed E-state index contributed by atoms with van der Waals surface area (Å²) >= 11 is 0. The monoisotopic (exact) mass is 202 g/mol. The number of aromatic amines is 1. The SMILES string of the molecule is CN[C@H](C=O)Cc1c[nH]c2ccccc12. The normalized spacial score (nSPS) is 12.9. The van der Waals surface area contributed by atoms with Crippen LogP contribution in [0.3, 0.4) is 0 Å². The van der Waals surface area contributed by atoms with E-state index in [0.717, 1.165) is 18.2 Å². The molecule has 0 spiro atoms. The van der Waals surface area contributed by atoms with E-state index in [2.05, 4.69) is 16.4 Å². The number of carbonyl (C=O) groups excluding carboxylic acids is 1. The standard InChI is InChI=1S/C12H14N2O/c1-13-10(8-15)6-9-7-14-12-5-3-2-4-11(9)12/h2-5,7-8,10,13-14H,6H2,1H3/t10-/m0/s1. The first-order valence-corrected chi connectivity index (χ1v) is 5.02. The second-order valence-corrected chi connectivity index (χ2v) is 3.59. The molecule has 0 aliphatic heterocycles. The number of nitrogens with one attached hydrogen (secondary N) is 2. The minimum absolute atomic E-state index is 0.107. The van der Waals surface area contributed by atoms with Crippen LogP contribution in [0.1, 0.15) is 5.56 Å². The average molecular weight is 202 g/mol. The van der Waals surface area contributed by atoms with E-state index in [1.165, 1.54) is 10.9 Å². The Balaban J connectivity index is 2.32. The topological polar surface area (TPSA) is 44.9 Å². The van der Waals surface area contributed by atoms with Gasteiger partial charge in [-0.3, -0.25) is 0 Å². The van der Waals surface area contributed by atoms with Crippen molar-refractivity contribution in [1.82, 2.24) is 10.3 Å². The smallest absolute Gasteiger partial charge is 0.137 e. The van der Waals surface area contributed by atoms with Crippen LogP contribution in [0.25, 0.3) is 10.9 Å². The van der Waals surface area contributed by atoms with E-state index in [9.17, 15) is 4.79 Å². The number of para-hydroxylation sites is 1. The molecule has 2 N–H and O–H groups in total. The van der Waals surface area contributed by atoms with Gasteiger partial charge in [-0.1, -0.05) is 18.2 Å². The van der Waals surface area contributed by atoms with Gasteiger partial charge in [0.25, 0.3) is 0 Å². The zero-order chi connectivity index (χ0) is 10.7. The molecule has 3 nitrogen and oxygen atoms in total. The van der Waals surface area contributed by atoms with Gasteiger partial charge in [0.05, 0.1) is 6.04 Å². The molecule has 0 radical (unpaired) electrons. The molecule has 2 rings (SSSR count). The largest absolute Gasteiger partial charge is 0.361 e. The van der Waals surface area contributed by atoms with Crippen LogP contribution in [0.15, 0.2) is 30.5 Å². The van der Waals surface area contributed by atoms with Crippen molar-refractivity contribution in [2.24, 2.45) is 0 Å². The van der Waals surface area contributed by atoms with Crippen LogP contribution in [0.4, 0.5) is 0 Å². The van der Waals surface area contributed by atoms with E-state index in [-0.39, 0.29) is 6.04 Å². The number of fused-ring (bicyclic) bond motifs is 1. The zero-order valence-corrected chi connectivity index (χ0v) is 8.66. The summed E-state index contributed by atoms with van der Waals surface area (Å²) in [6.45, 7) is 0. The quantitative estimate of drug-likeness (QED) is 0.738. The number of benzene rings is 1. The van der Waals surface area contributed by atoms with Crippen LogP contribution in [0.2, 0.25) is 0 Å². The van der Waals surface area contributed by atoms with Crippen LogP contribution in [-0.2, 0) is 11.2 Å². The average Bonchev–Trinajstić information content (AvgIpc) is 2.69. The van der Waals surface area contributed by atoms with E-state index >= 15 is 0 Å². The fourth-order valence-corrected chi connectivity index (χ4v) is 1.76. The van der Waals surface area contributed by atoms with Crippen molar-refractivity contribution >= 4 is 17.2 Å². The second kappa shape index (κ2) is 4.28. The van der Waals surface area contributed by atoms with E-state index < -0.39 is 0 Å². The summed E-state index contributed by atoms with van der Waals surface area (Å²) < 4.78 is 0. The lowest BCUT2D eigenvalue weighted by Crippen LogP contribution is -2.28. The Bertz CT molecular complexity index is 461. The van der Waals surface area contributed by atoms with Gasteiger partial charge in [-0.15, -0.1) is 0 Å². The molecule has 2 aromatic rings. The van der Waals surface area contributed by atoms with Gasteiger partial charge in [-0.05, 0) is 25.1 Å². The highest BCUT2D eigenvalue weighted by Gasteiger charge is 2.09. The minimum atomic E-state index is -0.107. The lowest BCUT2D eigenvalue weighted by atomic mass is 10.1. The van der Waals surface area contributed by atoms with E-state index in [1.54, 1.807) is 7.05 Å². The number of hydrogen-bond donors (Lipinski definition) is 2. The summed E-state index contributed by atoms with van der Waals surface area (Å²) in [6, 6.07) is 8.00. The van der Waals surface area contributed by atoms with Crippen molar-refractivity contribution in [1.29, 1.82) is 0 Å². The summed E-state index contributed by atoms with van der Waals surface area (Å²) in [5.41, 5.74) is 2.30. The third kappa shape index (κ3) is 1.92. The molecule has 0 saturated carbocycles. The number of carbonyl (C=O) groups is 1. The maximum Gasteiger partial charge on any atom is 0.137 e. The Kier molecular flexibility index (Phi) is 2.83. The lowest BCUT2D eigenvalue weighted by molar-refractivity contribution is -0.109.